The minimum atomic E-state index is -4.81. The van der Waals surface area contributed by atoms with Gasteiger partial charge in [-0.2, -0.15) is 10.4 Å². The Labute approximate surface area is 156 Å². The summed E-state index contributed by atoms with van der Waals surface area (Å²) in [7, 11) is 0. The maximum absolute atomic E-state index is 12.5. The first kappa shape index (κ1) is 20.2. The summed E-state index contributed by atoms with van der Waals surface area (Å²) < 4.78 is 40.3. The summed E-state index contributed by atoms with van der Waals surface area (Å²) in [6.45, 7) is 0. The zero-order chi connectivity index (χ0) is 20.7. The van der Waals surface area contributed by atoms with Gasteiger partial charge >= 0.3 is 6.36 Å². The zero-order valence-corrected chi connectivity index (χ0v) is 14.0. The summed E-state index contributed by atoms with van der Waals surface area (Å²) in [6, 6.07) is 12.4. The molecule has 0 aliphatic rings. The van der Waals surface area contributed by atoms with Gasteiger partial charge < -0.3 is 15.8 Å². The van der Waals surface area contributed by atoms with Crippen LogP contribution in [0.1, 0.15) is 10.4 Å². The number of nitriles is 1. The van der Waals surface area contributed by atoms with Gasteiger partial charge in [-0.05, 0) is 36.4 Å². The number of benzene rings is 2. The van der Waals surface area contributed by atoms with Crippen molar-refractivity contribution in [3.05, 3.63) is 54.1 Å². The van der Waals surface area contributed by atoms with Gasteiger partial charge in [-0.15, -0.1) is 13.2 Å². The van der Waals surface area contributed by atoms with Crippen LogP contribution in [0.5, 0.6) is 5.75 Å². The number of rotatable bonds is 6. The van der Waals surface area contributed by atoms with E-state index in [9.17, 15) is 18.0 Å². The molecule has 2 aromatic carbocycles. The van der Waals surface area contributed by atoms with Crippen molar-refractivity contribution in [2.24, 2.45) is 10.8 Å². The Morgan fingerprint density at radius 3 is 2.39 bits per heavy atom. The third kappa shape index (κ3) is 5.73. The van der Waals surface area contributed by atoms with Crippen LogP contribution in [0, 0.1) is 16.7 Å². The Hall–Kier alpha value is -4.07. The molecular weight excluding hydrogens is 377 g/mol. The second kappa shape index (κ2) is 8.54. The fraction of sp³-hybridized carbons (Fsp3) is 0.0588. The van der Waals surface area contributed by atoms with Crippen molar-refractivity contribution in [3.8, 4) is 11.8 Å². The number of nitrogens with two attached hydrogens (primary N) is 1. The van der Waals surface area contributed by atoms with Crippen molar-refractivity contribution in [2.75, 3.05) is 10.7 Å². The Morgan fingerprint density at radius 2 is 1.82 bits per heavy atom. The molecule has 0 radical (unpaired) electrons. The van der Waals surface area contributed by atoms with Crippen molar-refractivity contribution in [1.82, 2.24) is 0 Å². The van der Waals surface area contributed by atoms with Gasteiger partial charge in [0.2, 0.25) is 5.71 Å². The van der Waals surface area contributed by atoms with Crippen LogP contribution in [0.4, 0.5) is 24.5 Å². The molecule has 5 N–H and O–H groups in total. The van der Waals surface area contributed by atoms with Crippen LogP contribution in [0.3, 0.4) is 0 Å². The zero-order valence-electron chi connectivity index (χ0n) is 14.0. The second-order valence-corrected chi connectivity index (χ2v) is 5.17. The number of hydrogen-bond donors (Lipinski definition) is 4. The summed E-state index contributed by atoms with van der Waals surface area (Å²) >= 11 is 0. The van der Waals surface area contributed by atoms with E-state index in [-0.39, 0.29) is 22.6 Å². The number of amides is 1. The molecule has 11 heteroatoms. The number of hydrogen-bond acceptors (Lipinski definition) is 6. The van der Waals surface area contributed by atoms with Crippen LogP contribution in [-0.2, 0) is 0 Å². The Balaban J connectivity index is 2.15. The minimum absolute atomic E-state index is 0.141. The lowest BCUT2D eigenvalue weighted by molar-refractivity contribution is -0.274. The highest BCUT2D eigenvalue weighted by atomic mass is 19.4. The third-order valence-corrected chi connectivity index (χ3v) is 3.17. The highest BCUT2D eigenvalue weighted by Crippen LogP contribution is 2.24. The average Bonchev–Trinajstić information content (AvgIpc) is 2.62. The summed E-state index contributed by atoms with van der Waals surface area (Å²) in [6.07, 6.45) is -4.81. The van der Waals surface area contributed by atoms with Crippen molar-refractivity contribution in [3.63, 3.8) is 0 Å². The molecule has 0 heterocycles. The van der Waals surface area contributed by atoms with Crippen LogP contribution in [0.25, 0.3) is 0 Å². The highest BCUT2D eigenvalue weighted by Gasteiger charge is 2.31. The molecule has 0 atom stereocenters. The fourth-order valence-corrected chi connectivity index (χ4v) is 1.98. The number of hydrazone groups is 1. The number of nitrogens with one attached hydrogen (secondary N) is 3. The van der Waals surface area contributed by atoms with E-state index in [4.69, 9.17) is 16.4 Å². The number of alkyl halides is 3. The number of anilines is 2. The van der Waals surface area contributed by atoms with Gasteiger partial charge in [-0.1, -0.05) is 12.1 Å². The summed E-state index contributed by atoms with van der Waals surface area (Å²) in [5.41, 5.74) is 7.92. The number of ether oxygens (including phenoxy) is 1. The van der Waals surface area contributed by atoms with Crippen molar-refractivity contribution in [2.45, 2.75) is 6.36 Å². The smallest absolute Gasteiger partial charge is 0.406 e. The van der Waals surface area contributed by atoms with Gasteiger partial charge in [-0.3, -0.25) is 15.6 Å². The number of carbonyl (C=O) groups is 1. The molecule has 0 bridgehead atoms. The standard InChI is InChI=1S/C17H13F3N6O2/c18-17(19,20)28-11-7-5-10(6-8-11)24-16(27)12-3-1-2-4-13(12)25-26-14(9-21)15(22)23/h1-8,25H,(H3,22,23)(H,24,27)/b26-14+. The molecule has 2 aromatic rings. The number of carbonyl (C=O) groups excluding carboxylic acids is 1. The molecule has 28 heavy (non-hydrogen) atoms. The highest BCUT2D eigenvalue weighted by molar-refractivity contribution is 6.45. The van der Waals surface area contributed by atoms with Crippen LogP contribution in [0.15, 0.2) is 53.6 Å². The van der Waals surface area contributed by atoms with Crippen LogP contribution < -0.4 is 21.2 Å². The Bertz CT molecular complexity index is 949. The maximum atomic E-state index is 12.5. The summed E-state index contributed by atoms with van der Waals surface area (Å²) in [5.74, 6) is -1.54. The second-order valence-electron chi connectivity index (χ2n) is 5.17. The number of halogens is 3. The lowest BCUT2D eigenvalue weighted by Gasteiger charge is -2.11. The molecule has 2 rings (SSSR count). The maximum Gasteiger partial charge on any atom is 0.573 e. The van der Waals surface area contributed by atoms with Gasteiger partial charge in [-0.25, -0.2) is 0 Å². The van der Waals surface area contributed by atoms with E-state index in [1.54, 1.807) is 18.2 Å². The first-order valence-electron chi connectivity index (χ1n) is 7.54. The van der Waals surface area contributed by atoms with Crippen molar-refractivity contribution < 1.29 is 22.7 Å². The van der Waals surface area contributed by atoms with E-state index in [1.807, 2.05) is 0 Å². The van der Waals surface area contributed by atoms with Crippen molar-refractivity contribution in [1.29, 1.82) is 10.7 Å². The molecule has 0 spiro atoms. The van der Waals surface area contributed by atoms with Gasteiger partial charge in [0.1, 0.15) is 11.8 Å². The van der Waals surface area contributed by atoms with Crippen LogP contribution >= 0.6 is 0 Å². The van der Waals surface area contributed by atoms with Gasteiger partial charge in [0, 0.05) is 5.69 Å². The topological polar surface area (TPSA) is 136 Å². The largest absolute Gasteiger partial charge is 0.573 e. The monoisotopic (exact) mass is 390 g/mol. The molecule has 0 unspecified atom stereocenters. The molecule has 0 fully saturated rings. The third-order valence-electron chi connectivity index (χ3n) is 3.17. The summed E-state index contributed by atoms with van der Waals surface area (Å²) in [4.78, 5) is 12.5. The molecule has 0 saturated heterocycles. The number of nitrogens with zero attached hydrogens (tertiary/aromatic N) is 2. The molecule has 0 aliphatic heterocycles. The predicted molar refractivity (Wildman–Crippen MR) is 96.1 cm³/mol. The molecule has 0 aromatic heterocycles. The normalized spacial score (nSPS) is 11.3. The van der Waals surface area contributed by atoms with Gasteiger partial charge in [0.25, 0.3) is 5.91 Å². The van der Waals surface area contributed by atoms with E-state index in [2.05, 4.69) is 20.6 Å². The van der Waals surface area contributed by atoms with E-state index < -0.39 is 23.9 Å². The van der Waals surface area contributed by atoms with E-state index in [1.165, 1.54) is 24.3 Å². The quantitative estimate of drug-likeness (QED) is 0.341. The molecule has 1 amide bonds. The first-order valence-corrected chi connectivity index (χ1v) is 7.54. The van der Waals surface area contributed by atoms with E-state index in [0.717, 1.165) is 12.1 Å². The van der Waals surface area contributed by atoms with Gasteiger partial charge in [0.15, 0.2) is 5.84 Å². The molecule has 0 aliphatic carbocycles. The number of para-hydroxylation sites is 1. The Kier molecular flexibility index (Phi) is 6.18. The molecular formula is C17H13F3N6O2. The van der Waals surface area contributed by atoms with E-state index in [0.29, 0.717) is 0 Å². The fourth-order valence-electron chi connectivity index (χ4n) is 1.98. The molecule has 0 saturated carbocycles. The predicted octanol–water partition coefficient (Wildman–Crippen LogP) is 3.06. The van der Waals surface area contributed by atoms with Crippen LogP contribution in [-0.4, -0.2) is 23.8 Å². The molecule has 8 nitrogen and oxygen atoms in total. The van der Waals surface area contributed by atoms with Crippen molar-refractivity contribution >= 4 is 28.8 Å². The van der Waals surface area contributed by atoms with Crippen LogP contribution in [0.2, 0.25) is 0 Å². The molecule has 144 valence electrons. The summed E-state index contributed by atoms with van der Waals surface area (Å²) in [5, 5.41) is 22.2. The lowest BCUT2D eigenvalue weighted by Crippen LogP contribution is -2.22. The lowest BCUT2D eigenvalue weighted by atomic mass is 10.1. The number of amidine groups is 1. The van der Waals surface area contributed by atoms with E-state index >= 15 is 0 Å². The Morgan fingerprint density at radius 1 is 1.18 bits per heavy atom. The first-order chi connectivity index (χ1) is 13.2. The SMILES string of the molecule is N#C/C(=N\Nc1ccccc1C(=O)Nc1ccc(OC(F)(F)F)cc1)C(=N)N. The minimum Gasteiger partial charge on any atom is -0.406 e. The average molecular weight is 390 g/mol. The van der Waals surface area contributed by atoms with Gasteiger partial charge in [0.05, 0.1) is 11.3 Å².